The molecule has 2 aromatic rings. The smallest absolute Gasteiger partial charge is 0.164 e. The molecule has 3 rings (SSSR count). The highest BCUT2D eigenvalue weighted by molar-refractivity contribution is 5.85. The number of methoxy groups -OCH3 is 2. The largest absolute Gasteiger partial charge is 0.493 e. The van der Waals surface area contributed by atoms with Crippen molar-refractivity contribution in [2.45, 2.75) is 33.4 Å². The van der Waals surface area contributed by atoms with Crippen LogP contribution in [-0.4, -0.2) is 45.3 Å². The molecule has 1 aliphatic heterocycles. The molecule has 1 atom stereocenters. The van der Waals surface area contributed by atoms with Crippen molar-refractivity contribution in [1.82, 2.24) is 10.2 Å². The zero-order chi connectivity index (χ0) is 20.9. The first-order valence-corrected chi connectivity index (χ1v) is 10.3. The van der Waals surface area contributed by atoms with Gasteiger partial charge < -0.3 is 19.5 Å². The summed E-state index contributed by atoms with van der Waals surface area (Å²) in [6, 6.07) is 14.5. The van der Waals surface area contributed by atoms with E-state index >= 15 is 0 Å². The molecule has 0 radical (unpaired) electrons. The molecule has 1 heterocycles. The van der Waals surface area contributed by atoms with Crippen LogP contribution in [0.1, 0.15) is 37.9 Å². The van der Waals surface area contributed by atoms with Crippen molar-refractivity contribution in [3.05, 3.63) is 53.6 Å². The van der Waals surface area contributed by atoms with Crippen molar-refractivity contribution < 1.29 is 14.2 Å². The van der Waals surface area contributed by atoms with Crippen LogP contribution in [0.3, 0.4) is 0 Å². The summed E-state index contributed by atoms with van der Waals surface area (Å²) >= 11 is 0. The van der Waals surface area contributed by atoms with E-state index in [2.05, 4.69) is 49.2 Å². The number of nitrogens with one attached hydrogen (secondary N) is 1. The zero-order valence-corrected chi connectivity index (χ0v) is 20.8. The number of halogens is 2. The molecule has 0 spiro atoms. The third-order valence-electron chi connectivity index (χ3n) is 5.38. The van der Waals surface area contributed by atoms with E-state index in [1.165, 1.54) is 0 Å². The summed E-state index contributed by atoms with van der Waals surface area (Å²) in [5.74, 6) is 2.27. The predicted molar refractivity (Wildman–Crippen MR) is 131 cm³/mol. The van der Waals surface area contributed by atoms with E-state index in [1.54, 1.807) is 14.2 Å². The topological polar surface area (TPSA) is 43.0 Å². The standard InChI is InChI=1S/C24H34N2O3.2ClH/c1-24(2,3)23(26-13-11-25-12-14-26)19-15-21(27-4)22(28-5)16-20(19)29-17-18-9-7-6-8-10-18;;/h6-10,15-16,23,25H,11-14,17H2,1-5H3;2*1H/t23-;;/m0../s1. The monoisotopic (exact) mass is 470 g/mol. The average molecular weight is 471 g/mol. The summed E-state index contributed by atoms with van der Waals surface area (Å²) in [7, 11) is 3.35. The molecule has 7 heteroatoms. The third-order valence-corrected chi connectivity index (χ3v) is 5.38. The summed E-state index contributed by atoms with van der Waals surface area (Å²) in [5, 5.41) is 3.46. The van der Waals surface area contributed by atoms with E-state index in [4.69, 9.17) is 14.2 Å². The number of rotatable bonds is 7. The fourth-order valence-electron chi connectivity index (χ4n) is 4.10. The lowest BCUT2D eigenvalue weighted by Gasteiger charge is -2.43. The van der Waals surface area contributed by atoms with Gasteiger partial charge in [0, 0.05) is 43.9 Å². The maximum atomic E-state index is 6.35. The van der Waals surface area contributed by atoms with Crippen molar-refractivity contribution in [3.63, 3.8) is 0 Å². The first kappa shape index (κ1) is 27.4. The maximum absolute atomic E-state index is 6.35. The lowest BCUT2D eigenvalue weighted by Crippen LogP contribution is -2.48. The highest BCUT2D eigenvalue weighted by atomic mass is 35.5. The first-order chi connectivity index (χ1) is 13.9. The molecule has 174 valence electrons. The van der Waals surface area contributed by atoms with Crippen molar-refractivity contribution in [2.75, 3.05) is 40.4 Å². The highest BCUT2D eigenvalue weighted by Gasteiger charge is 2.35. The van der Waals surface area contributed by atoms with Crippen LogP contribution in [0.5, 0.6) is 17.2 Å². The molecule has 1 N–H and O–H groups in total. The molecule has 0 unspecified atom stereocenters. The molecule has 2 aromatic carbocycles. The Bertz CT molecular complexity index is 791. The first-order valence-electron chi connectivity index (χ1n) is 10.3. The Morgan fingerprint density at radius 2 is 1.48 bits per heavy atom. The number of hydrogen-bond acceptors (Lipinski definition) is 5. The van der Waals surface area contributed by atoms with Crippen LogP contribution in [0, 0.1) is 5.41 Å². The molecular weight excluding hydrogens is 435 g/mol. The summed E-state index contributed by atoms with van der Waals surface area (Å²) in [6.07, 6.45) is 0. The molecule has 5 nitrogen and oxygen atoms in total. The SMILES string of the molecule is COc1cc(OCc2ccccc2)c([C@H](N2CCNCC2)C(C)(C)C)cc1OC.Cl.Cl. The van der Waals surface area contributed by atoms with Gasteiger partial charge in [-0.2, -0.15) is 0 Å². The van der Waals surface area contributed by atoms with Crippen LogP contribution in [0.25, 0.3) is 0 Å². The number of hydrogen-bond donors (Lipinski definition) is 1. The minimum Gasteiger partial charge on any atom is -0.493 e. The maximum Gasteiger partial charge on any atom is 0.164 e. The van der Waals surface area contributed by atoms with Crippen LogP contribution in [0.15, 0.2) is 42.5 Å². The fraction of sp³-hybridized carbons (Fsp3) is 0.500. The molecular formula is C24H36Cl2N2O3. The number of benzene rings is 2. The van der Waals surface area contributed by atoms with Gasteiger partial charge >= 0.3 is 0 Å². The molecule has 0 bridgehead atoms. The molecule has 1 fully saturated rings. The lowest BCUT2D eigenvalue weighted by atomic mass is 9.80. The Labute approximate surface area is 199 Å². The van der Waals surface area contributed by atoms with E-state index in [9.17, 15) is 0 Å². The number of nitrogens with zero attached hydrogens (tertiary/aromatic N) is 1. The summed E-state index contributed by atoms with van der Waals surface area (Å²) in [6.45, 7) is 11.4. The van der Waals surface area contributed by atoms with Gasteiger partial charge in [0.25, 0.3) is 0 Å². The van der Waals surface area contributed by atoms with E-state index in [1.807, 2.05) is 24.3 Å². The van der Waals surface area contributed by atoms with Gasteiger partial charge in [-0.15, -0.1) is 24.8 Å². The zero-order valence-electron chi connectivity index (χ0n) is 19.1. The molecule has 0 saturated carbocycles. The van der Waals surface area contributed by atoms with E-state index in [0.29, 0.717) is 12.4 Å². The van der Waals surface area contributed by atoms with Crippen LogP contribution in [0.4, 0.5) is 0 Å². The van der Waals surface area contributed by atoms with Crippen molar-refractivity contribution in [3.8, 4) is 17.2 Å². The van der Waals surface area contributed by atoms with Gasteiger partial charge in [-0.05, 0) is 17.0 Å². The molecule has 1 aliphatic rings. The van der Waals surface area contributed by atoms with Crippen LogP contribution < -0.4 is 19.5 Å². The second kappa shape index (κ2) is 12.4. The lowest BCUT2D eigenvalue weighted by molar-refractivity contribution is 0.0829. The predicted octanol–water partition coefficient (Wildman–Crippen LogP) is 5.12. The molecule has 1 saturated heterocycles. The summed E-state index contributed by atoms with van der Waals surface area (Å²) in [4.78, 5) is 2.55. The minimum absolute atomic E-state index is 0. The Morgan fingerprint density at radius 1 is 0.903 bits per heavy atom. The summed E-state index contributed by atoms with van der Waals surface area (Å²) in [5.41, 5.74) is 2.32. The second-order valence-corrected chi connectivity index (χ2v) is 8.57. The molecule has 0 aromatic heterocycles. The van der Waals surface area contributed by atoms with Gasteiger partial charge in [-0.25, -0.2) is 0 Å². The van der Waals surface area contributed by atoms with Crippen molar-refractivity contribution in [2.24, 2.45) is 5.41 Å². The Morgan fingerprint density at radius 3 is 2.03 bits per heavy atom. The number of piperazine rings is 1. The second-order valence-electron chi connectivity index (χ2n) is 8.57. The van der Waals surface area contributed by atoms with E-state index in [-0.39, 0.29) is 36.3 Å². The van der Waals surface area contributed by atoms with Crippen molar-refractivity contribution >= 4 is 24.8 Å². The van der Waals surface area contributed by atoms with Gasteiger partial charge in [-0.1, -0.05) is 51.1 Å². The van der Waals surface area contributed by atoms with Gasteiger partial charge in [-0.3, -0.25) is 4.90 Å². The highest BCUT2D eigenvalue weighted by Crippen LogP contribution is 2.46. The Balaban J connectivity index is 0.00000240. The van der Waals surface area contributed by atoms with Crippen LogP contribution in [0.2, 0.25) is 0 Å². The van der Waals surface area contributed by atoms with Gasteiger partial charge in [0.2, 0.25) is 0 Å². The molecule has 0 amide bonds. The molecule has 0 aliphatic carbocycles. The van der Waals surface area contributed by atoms with Gasteiger partial charge in [0.05, 0.1) is 14.2 Å². The Kier molecular flexibility index (Phi) is 10.9. The molecule has 31 heavy (non-hydrogen) atoms. The minimum atomic E-state index is 0. The van der Waals surface area contributed by atoms with Crippen LogP contribution in [-0.2, 0) is 6.61 Å². The van der Waals surface area contributed by atoms with Crippen LogP contribution >= 0.6 is 24.8 Å². The normalized spacial score (nSPS) is 15.3. The van der Waals surface area contributed by atoms with Crippen molar-refractivity contribution in [1.29, 1.82) is 0 Å². The Hall–Kier alpha value is -1.66. The fourth-order valence-corrected chi connectivity index (χ4v) is 4.10. The summed E-state index contributed by atoms with van der Waals surface area (Å²) < 4.78 is 17.6. The third kappa shape index (κ3) is 6.91. The van der Waals surface area contributed by atoms with Gasteiger partial charge in [0.1, 0.15) is 12.4 Å². The quantitative estimate of drug-likeness (QED) is 0.608. The average Bonchev–Trinajstić information content (AvgIpc) is 2.73. The van der Waals surface area contributed by atoms with Gasteiger partial charge in [0.15, 0.2) is 11.5 Å². The number of ether oxygens (including phenoxy) is 3. The van der Waals surface area contributed by atoms with E-state index in [0.717, 1.165) is 48.8 Å². The van der Waals surface area contributed by atoms with E-state index < -0.39 is 0 Å².